The molecule has 0 aromatic carbocycles. The van der Waals surface area contributed by atoms with Gasteiger partial charge in [-0.3, -0.25) is 4.90 Å². The lowest BCUT2D eigenvalue weighted by Gasteiger charge is -2.42. The van der Waals surface area contributed by atoms with Crippen LogP contribution in [0.4, 0.5) is 0 Å². The van der Waals surface area contributed by atoms with Crippen molar-refractivity contribution in [2.24, 2.45) is 0 Å². The Morgan fingerprint density at radius 3 is 2.27 bits per heavy atom. The maximum atomic E-state index is 4.08. The van der Waals surface area contributed by atoms with Crippen molar-refractivity contribution in [1.82, 2.24) is 9.80 Å². The lowest BCUT2D eigenvalue weighted by molar-refractivity contribution is -0.859. The molecular weight excluding hydrogens is 186 g/mol. The zero-order valence-corrected chi connectivity index (χ0v) is 10.0. The number of rotatable bonds is 2. The van der Waals surface area contributed by atoms with Gasteiger partial charge in [0.2, 0.25) is 0 Å². The predicted octanol–water partition coefficient (Wildman–Crippen LogP) is -0.537. The van der Waals surface area contributed by atoms with Crippen LogP contribution in [0.2, 0.25) is 0 Å². The van der Waals surface area contributed by atoms with Gasteiger partial charge in [-0.05, 0) is 32.5 Å². The number of nitrogens with zero attached hydrogens (tertiary/aromatic N) is 2. The van der Waals surface area contributed by atoms with E-state index in [0.717, 1.165) is 6.04 Å². The van der Waals surface area contributed by atoms with Crippen molar-refractivity contribution in [2.45, 2.75) is 25.8 Å². The van der Waals surface area contributed by atoms with E-state index in [1.807, 2.05) is 0 Å². The van der Waals surface area contributed by atoms with Crippen molar-refractivity contribution in [1.29, 1.82) is 0 Å². The van der Waals surface area contributed by atoms with E-state index in [4.69, 9.17) is 0 Å². The Morgan fingerprint density at radius 1 is 1.13 bits per heavy atom. The molecule has 0 aliphatic carbocycles. The van der Waals surface area contributed by atoms with E-state index < -0.39 is 0 Å². The second-order valence-electron chi connectivity index (χ2n) is 4.95. The third-order valence-electron chi connectivity index (χ3n) is 4.03. The summed E-state index contributed by atoms with van der Waals surface area (Å²) in [6.07, 6.45) is 2.75. The average Bonchev–Trinajstić information content (AvgIpc) is 2.30. The minimum atomic E-state index is 0.862. The van der Waals surface area contributed by atoms with Crippen molar-refractivity contribution in [3.05, 3.63) is 7.05 Å². The number of nitrogens with one attached hydrogen (secondary N) is 1. The topological polar surface area (TPSA) is 10.9 Å². The normalized spacial score (nSPS) is 28.4. The van der Waals surface area contributed by atoms with Crippen molar-refractivity contribution in [2.75, 3.05) is 45.8 Å². The van der Waals surface area contributed by atoms with Gasteiger partial charge < -0.3 is 9.80 Å². The van der Waals surface area contributed by atoms with Crippen LogP contribution in [0.5, 0.6) is 0 Å². The Hall–Kier alpha value is -0.120. The Balaban J connectivity index is 1.75. The summed E-state index contributed by atoms with van der Waals surface area (Å²) in [5.74, 6) is 0. The summed E-state index contributed by atoms with van der Waals surface area (Å²) in [5, 5.41) is 0. The van der Waals surface area contributed by atoms with E-state index in [2.05, 4.69) is 23.8 Å². The van der Waals surface area contributed by atoms with Crippen LogP contribution in [0.25, 0.3) is 0 Å². The molecule has 88 valence electrons. The van der Waals surface area contributed by atoms with Crippen LogP contribution < -0.4 is 4.90 Å². The molecule has 0 radical (unpaired) electrons. The summed E-state index contributed by atoms with van der Waals surface area (Å²) in [4.78, 5) is 6.72. The van der Waals surface area contributed by atoms with Gasteiger partial charge in [-0.1, -0.05) is 6.92 Å². The summed E-state index contributed by atoms with van der Waals surface area (Å²) < 4.78 is 0. The highest BCUT2D eigenvalue weighted by molar-refractivity contribution is 4.80. The molecular formula is C12H25N3. The molecule has 2 rings (SSSR count). The highest BCUT2D eigenvalue weighted by atomic mass is 15.3. The Kier molecular flexibility index (Phi) is 4.00. The smallest absolute Gasteiger partial charge is 0.0660 e. The van der Waals surface area contributed by atoms with Crippen molar-refractivity contribution < 1.29 is 4.90 Å². The molecule has 3 nitrogen and oxygen atoms in total. The van der Waals surface area contributed by atoms with Crippen LogP contribution in [-0.2, 0) is 0 Å². The summed E-state index contributed by atoms with van der Waals surface area (Å²) in [6.45, 7) is 11.1. The van der Waals surface area contributed by atoms with Gasteiger partial charge in [0.25, 0.3) is 0 Å². The molecule has 2 saturated heterocycles. The van der Waals surface area contributed by atoms with Gasteiger partial charge in [0.05, 0.1) is 13.1 Å². The fourth-order valence-electron chi connectivity index (χ4n) is 2.81. The number of hydrogen-bond acceptors (Lipinski definition) is 2. The monoisotopic (exact) mass is 211 g/mol. The van der Waals surface area contributed by atoms with Crippen LogP contribution in [0.3, 0.4) is 0 Å². The third-order valence-corrected chi connectivity index (χ3v) is 4.03. The first-order valence-corrected chi connectivity index (χ1v) is 6.42. The minimum absolute atomic E-state index is 0.862. The molecule has 0 bridgehead atoms. The van der Waals surface area contributed by atoms with E-state index in [0.29, 0.717) is 0 Å². The quantitative estimate of drug-likeness (QED) is 0.615. The van der Waals surface area contributed by atoms with Gasteiger partial charge in [0, 0.05) is 19.1 Å². The van der Waals surface area contributed by atoms with Gasteiger partial charge >= 0.3 is 0 Å². The third kappa shape index (κ3) is 2.92. The molecule has 0 atom stereocenters. The Morgan fingerprint density at radius 2 is 1.73 bits per heavy atom. The molecule has 0 aromatic heterocycles. The molecule has 15 heavy (non-hydrogen) atoms. The number of likely N-dealkylation sites (tertiary alicyclic amines) is 1. The fraction of sp³-hybridized carbons (Fsp3) is 0.917. The molecule has 1 N–H and O–H groups in total. The lowest BCUT2D eigenvalue weighted by atomic mass is 10.0. The van der Waals surface area contributed by atoms with Gasteiger partial charge in [-0.2, -0.15) is 7.05 Å². The molecule has 2 heterocycles. The summed E-state index contributed by atoms with van der Waals surface area (Å²) in [5.41, 5.74) is 0. The van der Waals surface area contributed by atoms with Crippen molar-refractivity contribution >= 4 is 0 Å². The maximum Gasteiger partial charge on any atom is 0.0660 e. The SMILES string of the molecule is [CH2-][NH+]1CCN(C2CCN(CC)CC2)CC1. The first kappa shape index (κ1) is 11.4. The predicted molar refractivity (Wildman–Crippen MR) is 62.8 cm³/mol. The van der Waals surface area contributed by atoms with E-state index in [1.165, 1.54) is 63.6 Å². The number of hydrogen-bond donors (Lipinski definition) is 1. The summed E-state index contributed by atoms with van der Waals surface area (Å²) >= 11 is 0. The zero-order chi connectivity index (χ0) is 10.7. The van der Waals surface area contributed by atoms with E-state index in [9.17, 15) is 0 Å². The fourth-order valence-corrected chi connectivity index (χ4v) is 2.81. The second kappa shape index (κ2) is 5.28. The maximum absolute atomic E-state index is 4.08. The van der Waals surface area contributed by atoms with Crippen LogP contribution >= 0.6 is 0 Å². The molecule has 0 aromatic rings. The molecule has 2 aliphatic heterocycles. The molecule has 3 heteroatoms. The van der Waals surface area contributed by atoms with Gasteiger partial charge in [0.15, 0.2) is 0 Å². The molecule has 0 amide bonds. The molecule has 0 spiro atoms. The first-order chi connectivity index (χ1) is 7.29. The highest BCUT2D eigenvalue weighted by Crippen LogP contribution is 2.16. The van der Waals surface area contributed by atoms with E-state index >= 15 is 0 Å². The Labute approximate surface area is 94.0 Å². The van der Waals surface area contributed by atoms with Gasteiger partial charge in [-0.15, -0.1) is 0 Å². The Bertz CT molecular complexity index is 179. The van der Waals surface area contributed by atoms with E-state index in [-0.39, 0.29) is 0 Å². The molecule has 2 aliphatic rings. The van der Waals surface area contributed by atoms with Crippen LogP contribution in [0.15, 0.2) is 0 Å². The number of piperidine rings is 1. The van der Waals surface area contributed by atoms with Crippen LogP contribution in [-0.4, -0.2) is 61.7 Å². The molecule has 0 saturated carbocycles. The van der Waals surface area contributed by atoms with Gasteiger partial charge in [0.1, 0.15) is 0 Å². The second-order valence-corrected chi connectivity index (χ2v) is 4.95. The minimum Gasteiger partial charge on any atom is -0.466 e. The van der Waals surface area contributed by atoms with E-state index in [1.54, 1.807) is 0 Å². The standard InChI is InChI=1S/C12H25N3/c1-3-14-6-4-12(5-7-14)15-10-8-13(2)9-11-15/h12-13H,2-11H2,1H3. The molecule has 0 unspecified atom stereocenters. The first-order valence-electron chi connectivity index (χ1n) is 6.42. The zero-order valence-electron chi connectivity index (χ0n) is 10.0. The highest BCUT2D eigenvalue weighted by Gasteiger charge is 2.26. The summed E-state index contributed by atoms with van der Waals surface area (Å²) in [7, 11) is 4.08. The molecule has 2 fully saturated rings. The number of piperazine rings is 1. The largest absolute Gasteiger partial charge is 0.466 e. The van der Waals surface area contributed by atoms with Crippen LogP contribution in [0, 0.1) is 7.05 Å². The van der Waals surface area contributed by atoms with Crippen molar-refractivity contribution in [3.8, 4) is 0 Å². The summed E-state index contributed by atoms with van der Waals surface area (Å²) in [6, 6.07) is 0.862. The number of quaternary nitrogens is 1. The average molecular weight is 211 g/mol. The van der Waals surface area contributed by atoms with Crippen molar-refractivity contribution in [3.63, 3.8) is 0 Å². The van der Waals surface area contributed by atoms with Gasteiger partial charge in [-0.25, -0.2) is 0 Å². The van der Waals surface area contributed by atoms with Crippen LogP contribution in [0.1, 0.15) is 19.8 Å². The lowest BCUT2D eigenvalue weighted by Crippen LogP contribution is -3.10.